The predicted octanol–water partition coefficient (Wildman–Crippen LogP) is 1.64. The van der Waals surface area contributed by atoms with Crippen molar-refractivity contribution in [2.24, 2.45) is 5.92 Å². The summed E-state index contributed by atoms with van der Waals surface area (Å²) in [6, 6.07) is 2.07. The van der Waals surface area contributed by atoms with Crippen molar-refractivity contribution in [1.29, 1.82) is 0 Å². The molecule has 0 aliphatic heterocycles. The number of nitrogens with zero attached hydrogens (tertiary/aromatic N) is 1. The predicted molar refractivity (Wildman–Crippen MR) is 67.0 cm³/mol. The Morgan fingerprint density at radius 3 is 2.22 bits per heavy atom. The van der Waals surface area contributed by atoms with E-state index in [1.165, 1.54) is 17.6 Å². The van der Waals surface area contributed by atoms with Crippen LogP contribution in [0.4, 0.5) is 0 Å². The van der Waals surface area contributed by atoms with Crippen LogP contribution in [0.5, 0.6) is 0 Å². The van der Waals surface area contributed by atoms with Gasteiger partial charge in [-0.05, 0) is 31.9 Å². The summed E-state index contributed by atoms with van der Waals surface area (Å²) < 4.78 is 1.18. The lowest BCUT2D eigenvalue weighted by atomic mass is 10.0. The van der Waals surface area contributed by atoms with Crippen molar-refractivity contribution in [2.45, 2.75) is 33.7 Å². The quantitative estimate of drug-likeness (QED) is 0.825. The van der Waals surface area contributed by atoms with Gasteiger partial charge in [0.1, 0.15) is 6.04 Å². The molecule has 5 heteroatoms. The van der Waals surface area contributed by atoms with Gasteiger partial charge in [-0.1, -0.05) is 13.8 Å². The van der Waals surface area contributed by atoms with E-state index < -0.39 is 17.6 Å². The van der Waals surface area contributed by atoms with Gasteiger partial charge >= 0.3 is 5.97 Å². The van der Waals surface area contributed by atoms with E-state index >= 15 is 0 Å². The summed E-state index contributed by atoms with van der Waals surface area (Å²) in [5, 5.41) is 9.23. The van der Waals surface area contributed by atoms with Gasteiger partial charge < -0.3 is 5.11 Å². The van der Waals surface area contributed by atoms with E-state index in [-0.39, 0.29) is 17.3 Å². The Kier molecular flexibility index (Phi) is 4.06. The van der Waals surface area contributed by atoms with Gasteiger partial charge in [0, 0.05) is 5.69 Å². The third-order valence-electron chi connectivity index (χ3n) is 2.86. The lowest BCUT2D eigenvalue weighted by molar-refractivity contribution is -0.142. The molecule has 1 aromatic heterocycles. The van der Waals surface area contributed by atoms with E-state index in [4.69, 9.17) is 0 Å². The van der Waals surface area contributed by atoms with Crippen molar-refractivity contribution in [1.82, 2.24) is 4.57 Å². The molecular formula is C13H17NO4. The minimum absolute atomic E-state index is 0.0208. The number of carboxylic acids is 1. The third kappa shape index (κ3) is 2.50. The van der Waals surface area contributed by atoms with Crippen molar-refractivity contribution < 1.29 is 14.7 Å². The van der Waals surface area contributed by atoms with Crippen LogP contribution in [0.15, 0.2) is 16.9 Å². The van der Waals surface area contributed by atoms with Crippen LogP contribution in [0.2, 0.25) is 0 Å². The molecule has 1 unspecified atom stereocenters. The van der Waals surface area contributed by atoms with Gasteiger partial charge in [0.15, 0.2) is 5.78 Å². The number of carbonyl (C=O) groups is 2. The summed E-state index contributed by atoms with van der Waals surface area (Å²) in [5.74, 6) is -1.68. The molecular weight excluding hydrogens is 234 g/mol. The molecule has 0 spiro atoms. The maximum atomic E-state index is 12.2. The van der Waals surface area contributed by atoms with Crippen LogP contribution >= 0.6 is 0 Å². The fraction of sp³-hybridized carbons (Fsp3) is 0.462. The number of aromatic nitrogens is 1. The summed E-state index contributed by atoms with van der Waals surface area (Å²) in [5.41, 5.74) is 0.0159. The number of carbonyl (C=O) groups excluding carboxylic acids is 1. The lowest BCUT2D eigenvalue weighted by Gasteiger charge is -2.22. The van der Waals surface area contributed by atoms with Crippen molar-refractivity contribution in [3.8, 4) is 0 Å². The second-order valence-corrected chi connectivity index (χ2v) is 4.65. The SMILES string of the molecule is CC(=O)c1ccc(C)n(C(C(=O)O)C(C)C)c1=O. The molecule has 0 bridgehead atoms. The Hall–Kier alpha value is -1.91. The molecule has 1 atom stereocenters. The van der Waals surface area contributed by atoms with E-state index in [1.807, 2.05) is 0 Å². The van der Waals surface area contributed by atoms with Crippen molar-refractivity contribution in [3.63, 3.8) is 0 Å². The Labute approximate surface area is 105 Å². The maximum absolute atomic E-state index is 12.2. The number of hydrogen-bond acceptors (Lipinski definition) is 3. The van der Waals surface area contributed by atoms with E-state index in [9.17, 15) is 19.5 Å². The average Bonchev–Trinajstić information content (AvgIpc) is 2.21. The van der Waals surface area contributed by atoms with Crippen LogP contribution in [0.25, 0.3) is 0 Å². The number of carboxylic acid groups (broad SMARTS) is 1. The van der Waals surface area contributed by atoms with Crippen LogP contribution < -0.4 is 5.56 Å². The minimum atomic E-state index is -1.07. The van der Waals surface area contributed by atoms with Gasteiger partial charge in [0.25, 0.3) is 5.56 Å². The normalized spacial score (nSPS) is 12.5. The molecule has 98 valence electrons. The number of rotatable bonds is 4. The van der Waals surface area contributed by atoms with Crippen LogP contribution in [0.1, 0.15) is 42.9 Å². The monoisotopic (exact) mass is 251 g/mol. The molecule has 1 heterocycles. The van der Waals surface area contributed by atoms with Crippen LogP contribution in [0.3, 0.4) is 0 Å². The molecule has 0 saturated carbocycles. The summed E-state index contributed by atoms with van der Waals surface area (Å²) >= 11 is 0. The summed E-state index contributed by atoms with van der Waals surface area (Å²) in [4.78, 5) is 34.8. The van der Waals surface area contributed by atoms with Crippen LogP contribution in [0, 0.1) is 12.8 Å². The van der Waals surface area contributed by atoms with Gasteiger partial charge in [-0.25, -0.2) is 4.79 Å². The number of aliphatic carboxylic acids is 1. The molecule has 1 rings (SSSR count). The first-order chi connectivity index (χ1) is 8.27. The van der Waals surface area contributed by atoms with Gasteiger partial charge in [-0.15, -0.1) is 0 Å². The second kappa shape index (κ2) is 5.16. The lowest BCUT2D eigenvalue weighted by Crippen LogP contribution is -2.36. The molecule has 18 heavy (non-hydrogen) atoms. The van der Waals surface area contributed by atoms with Gasteiger partial charge in [0.2, 0.25) is 0 Å². The van der Waals surface area contributed by atoms with E-state index in [1.54, 1.807) is 26.8 Å². The number of pyridine rings is 1. The highest BCUT2D eigenvalue weighted by molar-refractivity contribution is 5.93. The number of aryl methyl sites for hydroxylation is 1. The van der Waals surface area contributed by atoms with E-state index in [2.05, 4.69) is 0 Å². The largest absolute Gasteiger partial charge is 0.480 e. The van der Waals surface area contributed by atoms with E-state index in [0.717, 1.165) is 0 Å². The molecule has 0 saturated heterocycles. The van der Waals surface area contributed by atoms with Crippen LogP contribution in [-0.2, 0) is 4.79 Å². The first-order valence-corrected chi connectivity index (χ1v) is 5.73. The smallest absolute Gasteiger partial charge is 0.327 e. The molecule has 1 aromatic rings. The standard InChI is InChI=1S/C13H17NO4/c1-7(2)11(13(17)18)14-8(3)5-6-10(9(4)15)12(14)16/h5-7,11H,1-4H3,(H,17,18). The Morgan fingerprint density at radius 2 is 1.83 bits per heavy atom. The molecule has 0 aliphatic rings. The van der Waals surface area contributed by atoms with Gasteiger partial charge in [0.05, 0.1) is 5.56 Å². The fourth-order valence-electron chi connectivity index (χ4n) is 1.95. The Bertz CT molecular complexity index is 542. The molecule has 0 radical (unpaired) electrons. The Morgan fingerprint density at radius 1 is 1.28 bits per heavy atom. The van der Waals surface area contributed by atoms with Crippen LogP contribution in [-0.4, -0.2) is 21.4 Å². The highest BCUT2D eigenvalue weighted by atomic mass is 16.4. The van der Waals surface area contributed by atoms with E-state index in [0.29, 0.717) is 5.69 Å². The molecule has 0 amide bonds. The summed E-state index contributed by atoms with van der Waals surface area (Å²) in [6.07, 6.45) is 0. The molecule has 0 aliphatic carbocycles. The molecule has 0 fully saturated rings. The second-order valence-electron chi connectivity index (χ2n) is 4.65. The third-order valence-corrected chi connectivity index (χ3v) is 2.86. The summed E-state index contributed by atoms with van der Waals surface area (Å²) in [6.45, 7) is 6.40. The number of hydrogen-bond donors (Lipinski definition) is 1. The topological polar surface area (TPSA) is 76.4 Å². The van der Waals surface area contributed by atoms with Crippen molar-refractivity contribution in [2.75, 3.05) is 0 Å². The first kappa shape index (κ1) is 14.2. The first-order valence-electron chi connectivity index (χ1n) is 5.73. The Balaban J connectivity index is 3.57. The van der Waals surface area contributed by atoms with Gasteiger partial charge in [-0.3, -0.25) is 14.2 Å². The summed E-state index contributed by atoms with van der Waals surface area (Å²) in [7, 11) is 0. The van der Waals surface area contributed by atoms with Crippen molar-refractivity contribution in [3.05, 3.63) is 33.7 Å². The zero-order valence-electron chi connectivity index (χ0n) is 10.9. The molecule has 5 nitrogen and oxygen atoms in total. The highest BCUT2D eigenvalue weighted by Gasteiger charge is 2.26. The number of Topliss-reactive ketones (excluding diaryl/α,β-unsaturated/α-hetero) is 1. The molecule has 0 aromatic carbocycles. The minimum Gasteiger partial charge on any atom is -0.480 e. The maximum Gasteiger partial charge on any atom is 0.327 e. The fourth-order valence-corrected chi connectivity index (χ4v) is 1.95. The zero-order valence-corrected chi connectivity index (χ0v) is 10.9. The highest BCUT2D eigenvalue weighted by Crippen LogP contribution is 2.18. The zero-order chi connectivity index (χ0) is 14.0. The van der Waals surface area contributed by atoms with Gasteiger partial charge in [-0.2, -0.15) is 0 Å². The van der Waals surface area contributed by atoms with Crippen molar-refractivity contribution >= 4 is 11.8 Å². The average molecular weight is 251 g/mol. The number of ketones is 1. The molecule has 1 N–H and O–H groups in total.